The minimum Gasteiger partial charge on any atom is -0.451 e. The number of hydrogen-bond acceptors (Lipinski definition) is 6. The SMILES string of the molecule is CC1CN(C(=O)C(C)OC(=O)CNC(=O)CNC(=O)c2ccc(Cl)cc2Cl)CC(C)O1. The van der Waals surface area contributed by atoms with Gasteiger partial charge in [0.05, 0.1) is 29.3 Å². The summed E-state index contributed by atoms with van der Waals surface area (Å²) < 4.78 is 10.7. The molecule has 1 fully saturated rings. The zero-order valence-corrected chi connectivity index (χ0v) is 19.0. The summed E-state index contributed by atoms with van der Waals surface area (Å²) in [6, 6.07) is 4.34. The number of esters is 1. The van der Waals surface area contributed by atoms with Gasteiger partial charge in [0.25, 0.3) is 11.8 Å². The number of morpholine rings is 1. The van der Waals surface area contributed by atoms with Crippen molar-refractivity contribution in [3.63, 3.8) is 0 Å². The molecule has 1 aromatic carbocycles. The molecule has 9 nitrogen and oxygen atoms in total. The van der Waals surface area contributed by atoms with Crippen LogP contribution in [0.4, 0.5) is 0 Å². The van der Waals surface area contributed by atoms with Crippen LogP contribution in [0.25, 0.3) is 0 Å². The van der Waals surface area contributed by atoms with E-state index in [1.54, 1.807) is 4.90 Å². The number of rotatable bonds is 7. The van der Waals surface area contributed by atoms with E-state index in [1.807, 2.05) is 13.8 Å². The molecule has 0 aliphatic carbocycles. The van der Waals surface area contributed by atoms with Crippen LogP contribution in [0.3, 0.4) is 0 Å². The van der Waals surface area contributed by atoms with Crippen LogP contribution < -0.4 is 10.6 Å². The van der Waals surface area contributed by atoms with E-state index in [9.17, 15) is 19.2 Å². The average Bonchev–Trinajstić information content (AvgIpc) is 2.69. The van der Waals surface area contributed by atoms with Gasteiger partial charge in [-0.25, -0.2) is 0 Å². The van der Waals surface area contributed by atoms with Crippen LogP contribution in [-0.4, -0.2) is 73.1 Å². The molecule has 0 bridgehead atoms. The quantitative estimate of drug-likeness (QED) is 0.578. The first-order valence-corrected chi connectivity index (χ1v) is 10.5. The molecule has 1 heterocycles. The minimum atomic E-state index is -0.992. The van der Waals surface area contributed by atoms with Crippen molar-refractivity contribution in [2.24, 2.45) is 0 Å². The lowest BCUT2D eigenvalue weighted by atomic mass is 10.2. The van der Waals surface area contributed by atoms with E-state index >= 15 is 0 Å². The van der Waals surface area contributed by atoms with Crippen molar-refractivity contribution in [1.29, 1.82) is 0 Å². The fourth-order valence-electron chi connectivity index (χ4n) is 3.07. The number of hydrogen-bond donors (Lipinski definition) is 2. The smallest absolute Gasteiger partial charge is 0.326 e. The molecule has 0 spiro atoms. The lowest BCUT2D eigenvalue weighted by molar-refractivity contribution is -0.164. The Morgan fingerprint density at radius 2 is 1.77 bits per heavy atom. The van der Waals surface area contributed by atoms with Crippen LogP contribution >= 0.6 is 23.2 Å². The number of amides is 3. The molecule has 3 unspecified atom stereocenters. The van der Waals surface area contributed by atoms with Gasteiger partial charge in [0.1, 0.15) is 6.54 Å². The van der Waals surface area contributed by atoms with E-state index in [1.165, 1.54) is 25.1 Å². The Kier molecular flexibility index (Phi) is 9.09. The van der Waals surface area contributed by atoms with Crippen molar-refractivity contribution < 1.29 is 28.7 Å². The van der Waals surface area contributed by atoms with Crippen LogP contribution in [0.15, 0.2) is 18.2 Å². The number of carbonyl (C=O) groups is 4. The standard InChI is InChI=1S/C20H25Cl2N3O6/c1-11-9-25(10-12(2)30-11)20(29)13(3)31-18(27)8-23-17(26)7-24-19(28)15-5-4-14(21)6-16(15)22/h4-6,11-13H,7-10H2,1-3H3,(H,23,26)(H,24,28). The van der Waals surface area contributed by atoms with Crippen LogP contribution in [0.2, 0.25) is 10.0 Å². The van der Waals surface area contributed by atoms with Crippen molar-refractivity contribution in [1.82, 2.24) is 15.5 Å². The van der Waals surface area contributed by atoms with Gasteiger partial charge in [0, 0.05) is 18.1 Å². The molecular weight excluding hydrogens is 449 g/mol. The minimum absolute atomic E-state index is 0.104. The summed E-state index contributed by atoms with van der Waals surface area (Å²) in [5, 5.41) is 5.24. The van der Waals surface area contributed by atoms with Crippen molar-refractivity contribution in [3.05, 3.63) is 33.8 Å². The highest BCUT2D eigenvalue weighted by Crippen LogP contribution is 2.20. The van der Waals surface area contributed by atoms with Gasteiger partial charge < -0.3 is 25.0 Å². The normalized spacial score (nSPS) is 19.3. The summed E-state index contributed by atoms with van der Waals surface area (Å²) in [6.45, 7) is 5.22. The third kappa shape index (κ3) is 7.68. The first-order chi connectivity index (χ1) is 14.6. The zero-order valence-electron chi connectivity index (χ0n) is 17.4. The second kappa shape index (κ2) is 11.3. The fourth-order valence-corrected chi connectivity index (χ4v) is 3.56. The predicted molar refractivity (Wildman–Crippen MR) is 114 cm³/mol. The summed E-state index contributed by atoms with van der Waals surface area (Å²) in [5.41, 5.74) is 0.164. The number of nitrogens with one attached hydrogen (secondary N) is 2. The molecule has 1 aromatic rings. The Bertz CT molecular complexity index is 840. The molecule has 2 rings (SSSR count). The first-order valence-electron chi connectivity index (χ1n) is 9.70. The maximum Gasteiger partial charge on any atom is 0.326 e. The van der Waals surface area contributed by atoms with Crippen LogP contribution in [0.1, 0.15) is 31.1 Å². The summed E-state index contributed by atoms with van der Waals surface area (Å²) >= 11 is 11.7. The molecule has 3 atom stereocenters. The Morgan fingerprint density at radius 3 is 2.39 bits per heavy atom. The molecular formula is C20H25Cl2N3O6. The number of ether oxygens (including phenoxy) is 2. The van der Waals surface area contributed by atoms with Gasteiger partial charge in [0.15, 0.2) is 6.10 Å². The molecule has 0 aromatic heterocycles. The van der Waals surface area contributed by atoms with Crippen molar-refractivity contribution in [3.8, 4) is 0 Å². The van der Waals surface area contributed by atoms with Gasteiger partial charge in [0.2, 0.25) is 5.91 Å². The van der Waals surface area contributed by atoms with Crippen LogP contribution in [0, 0.1) is 0 Å². The first kappa shape index (κ1) is 24.9. The van der Waals surface area contributed by atoms with E-state index in [2.05, 4.69) is 10.6 Å². The topological polar surface area (TPSA) is 114 Å². The lowest BCUT2D eigenvalue weighted by Gasteiger charge is -2.36. The maximum absolute atomic E-state index is 12.5. The molecule has 31 heavy (non-hydrogen) atoms. The second-order valence-corrected chi connectivity index (χ2v) is 8.06. The van der Waals surface area contributed by atoms with Crippen molar-refractivity contribution in [2.45, 2.75) is 39.1 Å². The summed E-state index contributed by atoms with van der Waals surface area (Å²) in [6.07, 6.45) is -1.20. The van der Waals surface area contributed by atoms with E-state index < -0.39 is 30.4 Å². The largest absolute Gasteiger partial charge is 0.451 e. The molecule has 3 amide bonds. The van der Waals surface area contributed by atoms with E-state index in [4.69, 9.17) is 32.7 Å². The van der Waals surface area contributed by atoms with Gasteiger partial charge in [-0.1, -0.05) is 23.2 Å². The molecule has 1 saturated heterocycles. The van der Waals surface area contributed by atoms with Gasteiger partial charge in [-0.2, -0.15) is 0 Å². The number of nitrogens with zero attached hydrogens (tertiary/aromatic N) is 1. The van der Waals surface area contributed by atoms with Crippen molar-refractivity contribution in [2.75, 3.05) is 26.2 Å². The van der Waals surface area contributed by atoms with E-state index in [-0.39, 0.29) is 35.2 Å². The van der Waals surface area contributed by atoms with Crippen molar-refractivity contribution >= 4 is 46.9 Å². The van der Waals surface area contributed by atoms with Crippen LogP contribution in [-0.2, 0) is 23.9 Å². The molecule has 1 aliphatic heterocycles. The summed E-state index contributed by atoms with van der Waals surface area (Å²) in [7, 11) is 0. The number of benzene rings is 1. The highest BCUT2D eigenvalue weighted by atomic mass is 35.5. The lowest BCUT2D eigenvalue weighted by Crippen LogP contribution is -2.51. The Hall–Kier alpha value is -2.36. The molecule has 11 heteroatoms. The highest BCUT2D eigenvalue weighted by Gasteiger charge is 2.30. The molecule has 0 saturated carbocycles. The molecule has 0 radical (unpaired) electrons. The van der Waals surface area contributed by atoms with Gasteiger partial charge >= 0.3 is 5.97 Å². The maximum atomic E-state index is 12.5. The third-order valence-electron chi connectivity index (χ3n) is 4.40. The number of halogens is 2. The van der Waals surface area contributed by atoms with Gasteiger partial charge in [-0.05, 0) is 39.0 Å². The monoisotopic (exact) mass is 473 g/mol. The third-order valence-corrected chi connectivity index (χ3v) is 4.95. The summed E-state index contributed by atoms with van der Waals surface area (Å²) in [5.74, 6) is -2.26. The van der Waals surface area contributed by atoms with Gasteiger partial charge in [-0.15, -0.1) is 0 Å². The van der Waals surface area contributed by atoms with E-state index in [0.29, 0.717) is 18.1 Å². The zero-order chi connectivity index (χ0) is 23.1. The molecule has 1 aliphatic rings. The highest BCUT2D eigenvalue weighted by molar-refractivity contribution is 6.36. The molecule has 2 N–H and O–H groups in total. The summed E-state index contributed by atoms with van der Waals surface area (Å²) in [4.78, 5) is 50.0. The average molecular weight is 474 g/mol. The Labute approximate surface area is 190 Å². The molecule has 170 valence electrons. The van der Waals surface area contributed by atoms with E-state index in [0.717, 1.165) is 0 Å². The van der Waals surface area contributed by atoms with Crippen LogP contribution in [0.5, 0.6) is 0 Å². The second-order valence-electron chi connectivity index (χ2n) is 7.22. The Morgan fingerprint density at radius 1 is 1.13 bits per heavy atom. The Balaban J connectivity index is 1.73. The van der Waals surface area contributed by atoms with Gasteiger partial charge in [-0.3, -0.25) is 19.2 Å². The number of carbonyl (C=O) groups excluding carboxylic acids is 4. The predicted octanol–water partition coefficient (Wildman–Crippen LogP) is 1.41. The fraction of sp³-hybridized carbons (Fsp3) is 0.500.